The van der Waals surface area contributed by atoms with Gasteiger partial charge in [0.25, 0.3) is 0 Å². The molecule has 2 heterocycles. The minimum atomic E-state index is -3.71. The number of aliphatic carboxylic acids is 1. The molecule has 0 radical (unpaired) electrons. The number of nitrogens with two attached hydrogens (primary N) is 1. The number of amides is 1. The number of carbonyl (C=O) groups is 2. The Labute approximate surface area is 253 Å². The highest BCUT2D eigenvalue weighted by atomic mass is 32.2. The number of carboxylic acid groups (broad SMARTS) is 1. The molecule has 0 spiro atoms. The number of anilines is 2. The molecule has 3 aromatic carbocycles. The first kappa shape index (κ1) is 29.4. The standard InChI is InChI=1S/C32H31FN4O6S/c1-43-26-17-19(6-11-25(26)33)28(36-20-7-10-22-18(16-20)12-14-35-30(22)34)31(38)37-15-13-24(32(39)40)29(37)23-4-2-3-5-27(23)44(41,42)21-8-9-21/h2-7,10-12,14,16-17,21,24,28-29,36H,8-9,13,15H2,1H3,(H2,34,35)(H,39,40). The smallest absolute Gasteiger partial charge is 0.309 e. The fourth-order valence-corrected chi connectivity index (χ4v) is 7.89. The van der Waals surface area contributed by atoms with E-state index >= 15 is 0 Å². The molecule has 1 amide bonds. The van der Waals surface area contributed by atoms with Crippen LogP contribution in [0.25, 0.3) is 10.8 Å². The summed E-state index contributed by atoms with van der Waals surface area (Å²) in [7, 11) is -2.39. The van der Waals surface area contributed by atoms with Crippen LogP contribution in [0.5, 0.6) is 5.75 Å². The van der Waals surface area contributed by atoms with Gasteiger partial charge < -0.3 is 25.8 Å². The summed E-state index contributed by atoms with van der Waals surface area (Å²) in [5.74, 6) is -2.99. The van der Waals surface area contributed by atoms with E-state index < -0.39 is 50.8 Å². The zero-order valence-electron chi connectivity index (χ0n) is 23.8. The Bertz CT molecular complexity index is 1880. The number of hydrogen-bond donors (Lipinski definition) is 3. The van der Waals surface area contributed by atoms with Gasteiger partial charge in [0.1, 0.15) is 11.9 Å². The van der Waals surface area contributed by atoms with Gasteiger partial charge in [-0.25, -0.2) is 17.8 Å². The lowest BCUT2D eigenvalue weighted by molar-refractivity contribution is -0.143. The summed E-state index contributed by atoms with van der Waals surface area (Å²) >= 11 is 0. The molecular weight excluding hydrogens is 587 g/mol. The van der Waals surface area contributed by atoms with Crippen LogP contribution < -0.4 is 15.8 Å². The first-order valence-corrected chi connectivity index (χ1v) is 15.7. The zero-order valence-corrected chi connectivity index (χ0v) is 24.6. The molecule has 6 rings (SSSR count). The van der Waals surface area contributed by atoms with Crippen molar-refractivity contribution >= 4 is 44.0 Å². The second-order valence-corrected chi connectivity index (χ2v) is 13.3. The fourth-order valence-electron chi connectivity index (χ4n) is 5.99. The van der Waals surface area contributed by atoms with Crippen LogP contribution in [0.15, 0.2) is 77.8 Å². The minimum Gasteiger partial charge on any atom is -0.494 e. The van der Waals surface area contributed by atoms with Crippen molar-refractivity contribution in [2.75, 3.05) is 24.7 Å². The Kier molecular flexibility index (Phi) is 7.62. The first-order chi connectivity index (χ1) is 21.1. The topological polar surface area (TPSA) is 152 Å². The van der Waals surface area contributed by atoms with Crippen molar-refractivity contribution in [1.82, 2.24) is 9.88 Å². The predicted octanol–water partition coefficient (Wildman–Crippen LogP) is 4.73. The molecule has 10 nitrogen and oxygen atoms in total. The maximum Gasteiger partial charge on any atom is 0.309 e. The molecule has 1 saturated heterocycles. The number of rotatable bonds is 9. The van der Waals surface area contributed by atoms with Crippen LogP contribution in [0.3, 0.4) is 0 Å². The van der Waals surface area contributed by atoms with E-state index in [1.165, 1.54) is 36.3 Å². The van der Waals surface area contributed by atoms with Crippen molar-refractivity contribution in [3.05, 3.63) is 89.9 Å². The number of nitrogen functional groups attached to an aromatic ring is 1. The number of fused-ring (bicyclic) bond motifs is 1. The number of ether oxygens (including phenoxy) is 1. The Morgan fingerprint density at radius 1 is 1.09 bits per heavy atom. The molecule has 1 saturated carbocycles. The van der Waals surface area contributed by atoms with Gasteiger partial charge in [-0.2, -0.15) is 0 Å². The summed E-state index contributed by atoms with van der Waals surface area (Å²) in [6, 6.07) is 15.3. The van der Waals surface area contributed by atoms with E-state index in [1.807, 2.05) is 0 Å². The number of nitrogens with one attached hydrogen (secondary N) is 1. The van der Waals surface area contributed by atoms with Gasteiger partial charge in [0, 0.05) is 23.8 Å². The first-order valence-electron chi connectivity index (χ1n) is 14.2. The SMILES string of the molecule is COc1cc(C(Nc2ccc3c(N)nccc3c2)C(=O)N2CCC(C(=O)O)C2c2ccccc2S(=O)(=O)C2CC2)ccc1F. The molecule has 2 fully saturated rings. The number of halogens is 1. The van der Waals surface area contributed by atoms with Gasteiger partial charge in [0.05, 0.1) is 29.2 Å². The maximum absolute atomic E-state index is 14.6. The lowest BCUT2D eigenvalue weighted by Gasteiger charge is -2.32. The largest absolute Gasteiger partial charge is 0.494 e. The van der Waals surface area contributed by atoms with Gasteiger partial charge in [0.2, 0.25) is 5.91 Å². The Balaban J connectivity index is 1.44. The van der Waals surface area contributed by atoms with Gasteiger partial charge >= 0.3 is 5.97 Å². The summed E-state index contributed by atoms with van der Waals surface area (Å²) in [5.41, 5.74) is 7.22. The number of carbonyl (C=O) groups excluding carboxylic acids is 1. The molecule has 2 aliphatic rings. The van der Waals surface area contributed by atoms with E-state index in [4.69, 9.17) is 10.5 Å². The highest BCUT2D eigenvalue weighted by Gasteiger charge is 2.47. The normalized spacial score (nSPS) is 19.1. The van der Waals surface area contributed by atoms with E-state index in [-0.39, 0.29) is 29.2 Å². The average Bonchev–Trinajstić information content (AvgIpc) is 3.79. The number of likely N-dealkylation sites (tertiary alicyclic amines) is 1. The van der Waals surface area contributed by atoms with Crippen molar-refractivity contribution in [2.24, 2.45) is 5.92 Å². The molecular formula is C32H31FN4O6S. The Morgan fingerprint density at radius 2 is 1.86 bits per heavy atom. The predicted molar refractivity (Wildman–Crippen MR) is 162 cm³/mol. The molecule has 4 aromatic rings. The van der Waals surface area contributed by atoms with Crippen molar-refractivity contribution in [2.45, 2.75) is 41.5 Å². The third kappa shape index (κ3) is 5.30. The highest BCUT2D eigenvalue weighted by molar-refractivity contribution is 7.92. The van der Waals surface area contributed by atoms with Crippen LogP contribution >= 0.6 is 0 Å². The molecule has 3 atom stereocenters. The number of carboxylic acids is 1. The van der Waals surface area contributed by atoms with Crippen molar-refractivity contribution in [3.8, 4) is 5.75 Å². The maximum atomic E-state index is 14.6. The lowest BCUT2D eigenvalue weighted by atomic mass is 9.93. The number of aromatic nitrogens is 1. The van der Waals surface area contributed by atoms with E-state index in [9.17, 15) is 27.5 Å². The van der Waals surface area contributed by atoms with Gasteiger partial charge in [-0.3, -0.25) is 9.59 Å². The quantitative estimate of drug-likeness (QED) is 0.242. The van der Waals surface area contributed by atoms with Crippen molar-refractivity contribution < 1.29 is 32.2 Å². The Hall–Kier alpha value is -4.71. The second-order valence-electron chi connectivity index (χ2n) is 11.1. The summed E-state index contributed by atoms with van der Waals surface area (Å²) in [6.07, 6.45) is 2.78. The third-order valence-electron chi connectivity index (χ3n) is 8.37. The molecule has 12 heteroatoms. The Morgan fingerprint density at radius 3 is 2.59 bits per heavy atom. The molecule has 1 aliphatic carbocycles. The number of benzene rings is 3. The van der Waals surface area contributed by atoms with Gasteiger partial charge in [-0.1, -0.05) is 24.3 Å². The van der Waals surface area contributed by atoms with Crippen molar-refractivity contribution in [3.63, 3.8) is 0 Å². The van der Waals surface area contributed by atoms with Crippen LogP contribution in [0, 0.1) is 11.7 Å². The van der Waals surface area contributed by atoms with Crippen LogP contribution in [-0.4, -0.2) is 54.2 Å². The summed E-state index contributed by atoms with van der Waals surface area (Å²) in [4.78, 5) is 32.6. The summed E-state index contributed by atoms with van der Waals surface area (Å²) in [5, 5.41) is 14.4. The van der Waals surface area contributed by atoms with E-state index in [1.54, 1.807) is 48.7 Å². The number of methoxy groups -OCH3 is 1. The van der Waals surface area contributed by atoms with Gasteiger partial charge in [-0.05, 0) is 78.2 Å². The number of pyridine rings is 1. The molecule has 1 aliphatic heterocycles. The van der Waals surface area contributed by atoms with Crippen LogP contribution in [-0.2, 0) is 19.4 Å². The third-order valence-corrected chi connectivity index (χ3v) is 10.7. The van der Waals surface area contributed by atoms with Gasteiger partial charge in [0.15, 0.2) is 21.4 Å². The summed E-state index contributed by atoms with van der Waals surface area (Å²) < 4.78 is 46.5. The number of nitrogens with zero attached hydrogens (tertiary/aromatic N) is 2. The van der Waals surface area contributed by atoms with Crippen LogP contribution in [0.2, 0.25) is 0 Å². The molecule has 4 N–H and O–H groups in total. The van der Waals surface area contributed by atoms with Crippen LogP contribution in [0.4, 0.5) is 15.9 Å². The molecule has 228 valence electrons. The number of hydrogen-bond acceptors (Lipinski definition) is 8. The van der Waals surface area contributed by atoms with Gasteiger partial charge in [-0.15, -0.1) is 0 Å². The number of sulfone groups is 1. The highest BCUT2D eigenvalue weighted by Crippen LogP contribution is 2.44. The molecule has 3 unspecified atom stereocenters. The second kappa shape index (κ2) is 11.4. The van der Waals surface area contributed by atoms with Crippen LogP contribution in [0.1, 0.15) is 42.5 Å². The van der Waals surface area contributed by atoms with Crippen molar-refractivity contribution in [1.29, 1.82) is 0 Å². The molecule has 1 aromatic heterocycles. The fraction of sp³-hybridized carbons (Fsp3) is 0.281. The zero-order chi connectivity index (χ0) is 31.2. The van der Waals surface area contributed by atoms with E-state index in [0.717, 1.165) is 10.8 Å². The monoisotopic (exact) mass is 618 g/mol. The summed E-state index contributed by atoms with van der Waals surface area (Å²) in [6.45, 7) is 0.0781. The minimum absolute atomic E-state index is 0.0483. The molecule has 44 heavy (non-hydrogen) atoms. The average molecular weight is 619 g/mol. The molecule has 0 bridgehead atoms. The lowest BCUT2D eigenvalue weighted by Crippen LogP contribution is -2.40. The van der Waals surface area contributed by atoms with E-state index in [2.05, 4.69) is 10.3 Å². The van der Waals surface area contributed by atoms with E-state index in [0.29, 0.717) is 29.9 Å².